The molecule has 0 aliphatic carbocycles. The number of thiophene rings is 1. The first kappa shape index (κ1) is 17.9. The summed E-state index contributed by atoms with van der Waals surface area (Å²) < 4.78 is 10.1. The topological polar surface area (TPSA) is 55.8 Å². The molecule has 0 unspecified atom stereocenters. The molecular weight excluding hydrogens is 350 g/mol. The number of nitrogens with zero attached hydrogens (tertiary/aromatic N) is 1. The van der Waals surface area contributed by atoms with E-state index in [0.717, 1.165) is 16.2 Å². The zero-order valence-corrected chi connectivity index (χ0v) is 15.6. The van der Waals surface area contributed by atoms with Gasteiger partial charge in [-0.2, -0.15) is 0 Å². The summed E-state index contributed by atoms with van der Waals surface area (Å²) in [4.78, 5) is 27.8. The summed E-state index contributed by atoms with van der Waals surface area (Å²) >= 11 is 1.51. The number of hydrogen-bond donors (Lipinski definition) is 0. The Balaban J connectivity index is 1.96. The Morgan fingerprint density at radius 2 is 1.92 bits per heavy atom. The molecule has 6 heteroatoms. The molecule has 5 nitrogen and oxygen atoms in total. The summed E-state index contributed by atoms with van der Waals surface area (Å²) in [6, 6.07) is 11.3. The Bertz CT molecular complexity index is 879. The van der Waals surface area contributed by atoms with Crippen LogP contribution in [0.25, 0.3) is 6.08 Å². The second kappa shape index (κ2) is 7.58. The number of benzene rings is 1. The van der Waals surface area contributed by atoms with Crippen molar-refractivity contribution in [2.75, 3.05) is 14.2 Å². The molecular formula is C20H19NO4S. The molecule has 1 aromatic heterocycles. The number of allylic oxidation sites excluding steroid dienone is 1. The van der Waals surface area contributed by atoms with Gasteiger partial charge >= 0.3 is 5.97 Å². The largest absolute Gasteiger partial charge is 0.497 e. The highest BCUT2D eigenvalue weighted by molar-refractivity contribution is 7.10. The molecule has 0 spiro atoms. The lowest BCUT2D eigenvalue weighted by molar-refractivity contribution is -0.136. The van der Waals surface area contributed by atoms with Crippen LogP contribution < -0.4 is 4.74 Å². The molecule has 26 heavy (non-hydrogen) atoms. The van der Waals surface area contributed by atoms with E-state index in [0.29, 0.717) is 23.4 Å². The van der Waals surface area contributed by atoms with E-state index < -0.39 is 5.97 Å². The smallest absolute Gasteiger partial charge is 0.340 e. The third-order valence-electron chi connectivity index (χ3n) is 4.23. The van der Waals surface area contributed by atoms with Gasteiger partial charge in [-0.3, -0.25) is 4.79 Å². The van der Waals surface area contributed by atoms with Crippen LogP contribution in [-0.4, -0.2) is 31.0 Å². The third kappa shape index (κ3) is 3.41. The number of carbonyl (C=O) groups is 2. The van der Waals surface area contributed by atoms with Crippen LogP contribution in [0.4, 0.5) is 0 Å². The molecule has 1 aliphatic rings. The lowest BCUT2D eigenvalue weighted by Gasteiger charge is -2.18. The monoisotopic (exact) mass is 369 g/mol. The van der Waals surface area contributed by atoms with Crippen molar-refractivity contribution in [3.05, 3.63) is 69.1 Å². The number of carbonyl (C=O) groups excluding carboxylic acids is 2. The standard InChI is InChI=1S/C20H19NO4S/c1-13-18(20(23)25-3)17(11-16-5-4-10-26-16)19(22)21(13)12-14-6-8-15(24-2)9-7-14/h4-11H,12H2,1-3H3/b17-11-. The third-order valence-corrected chi connectivity index (χ3v) is 5.05. The first-order valence-corrected chi connectivity index (χ1v) is 8.92. The molecule has 1 aromatic carbocycles. The van der Waals surface area contributed by atoms with Gasteiger partial charge in [0.15, 0.2) is 0 Å². The highest BCUT2D eigenvalue weighted by Gasteiger charge is 2.37. The Hall–Kier alpha value is -2.86. The van der Waals surface area contributed by atoms with Gasteiger partial charge in [0, 0.05) is 10.6 Å². The average Bonchev–Trinajstić information content (AvgIpc) is 3.25. The van der Waals surface area contributed by atoms with Crippen LogP contribution in [0.5, 0.6) is 5.75 Å². The zero-order valence-electron chi connectivity index (χ0n) is 14.8. The molecule has 2 aromatic rings. The van der Waals surface area contributed by atoms with Crippen LogP contribution in [0.1, 0.15) is 17.4 Å². The molecule has 134 valence electrons. The first-order valence-electron chi connectivity index (χ1n) is 8.04. The maximum absolute atomic E-state index is 13.0. The predicted octanol–water partition coefficient (Wildman–Crippen LogP) is 3.63. The lowest BCUT2D eigenvalue weighted by Crippen LogP contribution is -2.24. The number of hydrogen-bond acceptors (Lipinski definition) is 5. The average molecular weight is 369 g/mol. The van der Waals surface area contributed by atoms with Gasteiger partial charge in [-0.05, 0) is 42.1 Å². The van der Waals surface area contributed by atoms with Gasteiger partial charge in [0.1, 0.15) is 5.75 Å². The number of ether oxygens (including phenoxy) is 2. The molecule has 1 aliphatic heterocycles. The van der Waals surface area contributed by atoms with E-state index in [4.69, 9.17) is 9.47 Å². The molecule has 0 fully saturated rings. The number of amides is 1. The fourth-order valence-corrected chi connectivity index (χ4v) is 3.50. The van der Waals surface area contributed by atoms with E-state index in [1.165, 1.54) is 18.4 Å². The summed E-state index contributed by atoms with van der Waals surface area (Å²) in [5, 5.41) is 1.93. The second-order valence-electron chi connectivity index (χ2n) is 5.76. The molecule has 0 radical (unpaired) electrons. The lowest BCUT2D eigenvalue weighted by atomic mass is 10.1. The molecule has 0 N–H and O–H groups in total. The Morgan fingerprint density at radius 1 is 1.19 bits per heavy atom. The van der Waals surface area contributed by atoms with E-state index in [-0.39, 0.29) is 5.91 Å². The maximum Gasteiger partial charge on any atom is 0.340 e. The Labute approximate surface area is 156 Å². The van der Waals surface area contributed by atoms with E-state index in [1.54, 1.807) is 25.0 Å². The number of esters is 1. The van der Waals surface area contributed by atoms with Crippen molar-refractivity contribution in [2.45, 2.75) is 13.5 Å². The summed E-state index contributed by atoms with van der Waals surface area (Å²) in [5.74, 6) is 0.0466. The molecule has 1 amide bonds. The molecule has 3 rings (SSSR count). The van der Waals surface area contributed by atoms with Crippen LogP contribution in [0, 0.1) is 0 Å². The van der Waals surface area contributed by atoms with E-state index in [9.17, 15) is 9.59 Å². The van der Waals surface area contributed by atoms with Gasteiger partial charge in [-0.25, -0.2) is 4.79 Å². The van der Waals surface area contributed by atoms with Crippen molar-refractivity contribution in [1.29, 1.82) is 0 Å². The SMILES string of the molecule is COC(=O)C1=C(C)N(Cc2ccc(OC)cc2)C(=O)/C1=C\c1cccs1. The van der Waals surface area contributed by atoms with E-state index >= 15 is 0 Å². The molecule has 0 saturated carbocycles. The summed E-state index contributed by atoms with van der Waals surface area (Å²) in [5.41, 5.74) is 2.23. The normalized spacial score (nSPS) is 15.7. The predicted molar refractivity (Wildman–Crippen MR) is 101 cm³/mol. The van der Waals surface area contributed by atoms with Crippen molar-refractivity contribution in [3.63, 3.8) is 0 Å². The van der Waals surface area contributed by atoms with Crippen LogP contribution >= 0.6 is 11.3 Å². The van der Waals surface area contributed by atoms with Gasteiger partial charge < -0.3 is 14.4 Å². The van der Waals surface area contributed by atoms with Crippen LogP contribution in [0.15, 0.2) is 58.6 Å². The first-order chi connectivity index (χ1) is 12.5. The highest BCUT2D eigenvalue weighted by Crippen LogP contribution is 2.33. The Morgan fingerprint density at radius 3 is 2.50 bits per heavy atom. The van der Waals surface area contributed by atoms with Crippen LogP contribution in [0.2, 0.25) is 0 Å². The van der Waals surface area contributed by atoms with Gasteiger partial charge in [0.05, 0.1) is 31.9 Å². The summed E-state index contributed by atoms with van der Waals surface area (Å²) in [6.45, 7) is 2.14. The molecule has 0 atom stereocenters. The van der Waals surface area contributed by atoms with E-state index in [2.05, 4.69) is 0 Å². The molecule has 0 saturated heterocycles. The molecule has 2 heterocycles. The fourth-order valence-electron chi connectivity index (χ4n) is 2.85. The number of methoxy groups -OCH3 is 2. The van der Waals surface area contributed by atoms with Gasteiger partial charge in [0.2, 0.25) is 0 Å². The summed E-state index contributed by atoms with van der Waals surface area (Å²) in [6.07, 6.45) is 1.75. The van der Waals surface area contributed by atoms with Gasteiger partial charge in [0.25, 0.3) is 5.91 Å². The zero-order chi connectivity index (χ0) is 18.7. The van der Waals surface area contributed by atoms with Crippen LogP contribution in [-0.2, 0) is 20.9 Å². The fraction of sp³-hybridized carbons (Fsp3) is 0.200. The minimum Gasteiger partial charge on any atom is -0.497 e. The maximum atomic E-state index is 13.0. The quantitative estimate of drug-likeness (QED) is 0.597. The highest BCUT2D eigenvalue weighted by atomic mass is 32.1. The van der Waals surface area contributed by atoms with Crippen molar-refractivity contribution < 1.29 is 19.1 Å². The minimum atomic E-state index is -0.504. The van der Waals surface area contributed by atoms with Crippen molar-refractivity contribution >= 4 is 29.3 Å². The second-order valence-corrected chi connectivity index (χ2v) is 6.74. The van der Waals surface area contributed by atoms with Crippen molar-refractivity contribution in [2.24, 2.45) is 0 Å². The minimum absolute atomic E-state index is 0.202. The number of rotatable bonds is 5. The Kier molecular flexibility index (Phi) is 5.23. The van der Waals surface area contributed by atoms with Gasteiger partial charge in [-0.1, -0.05) is 18.2 Å². The van der Waals surface area contributed by atoms with Crippen molar-refractivity contribution in [1.82, 2.24) is 4.90 Å². The van der Waals surface area contributed by atoms with E-state index in [1.807, 2.05) is 41.8 Å². The van der Waals surface area contributed by atoms with Crippen molar-refractivity contribution in [3.8, 4) is 5.75 Å². The molecule has 0 bridgehead atoms. The van der Waals surface area contributed by atoms with Crippen LogP contribution in [0.3, 0.4) is 0 Å². The van der Waals surface area contributed by atoms with Gasteiger partial charge in [-0.15, -0.1) is 11.3 Å². The summed E-state index contributed by atoms with van der Waals surface area (Å²) in [7, 11) is 2.93.